The molecule has 0 bridgehead atoms. The van der Waals surface area contributed by atoms with Gasteiger partial charge in [0, 0.05) is 31.5 Å². The molecule has 0 spiro atoms. The average Bonchev–Trinajstić information content (AvgIpc) is 3.24. The van der Waals surface area contributed by atoms with E-state index in [9.17, 15) is 4.79 Å². The van der Waals surface area contributed by atoms with Crippen molar-refractivity contribution in [2.75, 3.05) is 26.4 Å². The number of benzene rings is 2. The molecule has 2 aromatic carbocycles. The second-order valence-electron chi connectivity index (χ2n) is 10.6. The molecule has 1 saturated heterocycles. The van der Waals surface area contributed by atoms with Crippen LogP contribution in [0.3, 0.4) is 0 Å². The molecule has 200 valence electrons. The number of hydrogen-bond acceptors (Lipinski definition) is 3. The molecule has 1 saturated carbocycles. The van der Waals surface area contributed by atoms with Crippen LogP contribution in [0.1, 0.15) is 60.5 Å². The Morgan fingerprint density at radius 1 is 1.00 bits per heavy atom. The van der Waals surface area contributed by atoms with E-state index in [0.29, 0.717) is 12.3 Å². The van der Waals surface area contributed by atoms with Crippen molar-refractivity contribution >= 4 is 17.7 Å². The Labute approximate surface area is 226 Å². The van der Waals surface area contributed by atoms with Gasteiger partial charge in [0.05, 0.1) is 0 Å². The van der Waals surface area contributed by atoms with Crippen LogP contribution in [-0.2, 0) is 4.79 Å². The SMILES string of the molecule is CC.CC1C2CN(C(=O)CC(C)(C)C)CC12.CC=CNC.CSc1ccc(-c2ccc(C)cc2)cc1. The number of piperidine rings is 1. The number of carbonyl (C=O) groups excluding carboxylic acids is 1. The van der Waals surface area contributed by atoms with Gasteiger partial charge in [-0.3, -0.25) is 4.79 Å². The van der Waals surface area contributed by atoms with Crippen LogP contribution in [-0.4, -0.2) is 37.2 Å². The number of amides is 1. The Balaban J connectivity index is 0.000000288. The zero-order valence-corrected chi connectivity index (χ0v) is 25.2. The molecule has 4 rings (SSSR count). The molecule has 1 aliphatic carbocycles. The van der Waals surface area contributed by atoms with Gasteiger partial charge in [0.25, 0.3) is 0 Å². The quantitative estimate of drug-likeness (QED) is 0.420. The van der Waals surface area contributed by atoms with Crippen molar-refractivity contribution in [3.63, 3.8) is 0 Å². The Bertz CT molecular complexity index is 901. The minimum absolute atomic E-state index is 0.134. The van der Waals surface area contributed by atoms with Crippen molar-refractivity contribution < 1.29 is 4.79 Å². The topological polar surface area (TPSA) is 32.3 Å². The van der Waals surface area contributed by atoms with Gasteiger partial charge >= 0.3 is 0 Å². The summed E-state index contributed by atoms with van der Waals surface area (Å²) in [5.41, 5.74) is 4.01. The van der Waals surface area contributed by atoms with Gasteiger partial charge < -0.3 is 10.2 Å². The van der Waals surface area contributed by atoms with E-state index in [-0.39, 0.29) is 5.41 Å². The van der Waals surface area contributed by atoms with E-state index in [4.69, 9.17) is 0 Å². The third-order valence-corrected chi connectivity index (χ3v) is 7.21. The summed E-state index contributed by atoms with van der Waals surface area (Å²) in [6, 6.07) is 17.3. The van der Waals surface area contributed by atoms with Crippen molar-refractivity contribution in [2.45, 2.75) is 66.7 Å². The Morgan fingerprint density at radius 2 is 1.47 bits per heavy atom. The summed E-state index contributed by atoms with van der Waals surface area (Å²) >= 11 is 1.78. The highest BCUT2D eigenvalue weighted by Crippen LogP contribution is 2.51. The predicted octanol–water partition coefficient (Wildman–Crippen LogP) is 8.30. The number of nitrogens with one attached hydrogen (secondary N) is 1. The van der Waals surface area contributed by atoms with Crippen LogP contribution < -0.4 is 5.32 Å². The first-order valence-electron chi connectivity index (χ1n) is 13.4. The summed E-state index contributed by atoms with van der Waals surface area (Å²) in [7, 11) is 1.88. The maximum Gasteiger partial charge on any atom is 0.223 e. The normalized spacial score (nSPS) is 19.6. The van der Waals surface area contributed by atoms with Crippen LogP contribution in [0.15, 0.2) is 65.7 Å². The first-order chi connectivity index (χ1) is 17.1. The highest BCUT2D eigenvalue weighted by molar-refractivity contribution is 7.98. The second-order valence-corrected chi connectivity index (χ2v) is 11.5. The zero-order chi connectivity index (χ0) is 27.3. The molecule has 0 radical (unpaired) electrons. The number of aryl methyl sites for hydroxylation is 1. The lowest BCUT2D eigenvalue weighted by Crippen LogP contribution is -2.33. The van der Waals surface area contributed by atoms with Gasteiger partial charge in [-0.1, -0.05) is 89.6 Å². The van der Waals surface area contributed by atoms with Crippen LogP contribution >= 0.6 is 11.8 Å². The molecule has 4 heteroatoms. The number of hydrogen-bond donors (Lipinski definition) is 1. The Hall–Kier alpha value is -2.20. The highest BCUT2D eigenvalue weighted by atomic mass is 32.2. The van der Waals surface area contributed by atoms with E-state index in [0.717, 1.165) is 30.8 Å². The lowest BCUT2D eigenvalue weighted by Gasteiger charge is -2.24. The summed E-state index contributed by atoms with van der Waals surface area (Å²) < 4.78 is 0. The molecule has 2 unspecified atom stereocenters. The van der Waals surface area contributed by atoms with Crippen molar-refractivity contribution in [1.82, 2.24) is 10.2 Å². The second kappa shape index (κ2) is 15.8. The average molecular weight is 511 g/mol. The fraction of sp³-hybridized carbons (Fsp3) is 0.531. The summed E-state index contributed by atoms with van der Waals surface area (Å²) in [6.07, 6.45) is 6.61. The molecule has 2 aliphatic rings. The molecule has 3 nitrogen and oxygen atoms in total. The van der Waals surface area contributed by atoms with Crippen molar-refractivity contribution in [2.24, 2.45) is 23.2 Å². The van der Waals surface area contributed by atoms with Gasteiger partial charge in [0.1, 0.15) is 0 Å². The minimum Gasteiger partial charge on any atom is -0.394 e. The van der Waals surface area contributed by atoms with Crippen LogP contribution in [0.5, 0.6) is 0 Å². The molecule has 2 fully saturated rings. The van der Waals surface area contributed by atoms with E-state index < -0.39 is 0 Å². The monoisotopic (exact) mass is 510 g/mol. The van der Waals surface area contributed by atoms with E-state index in [2.05, 4.69) is 99.6 Å². The summed E-state index contributed by atoms with van der Waals surface area (Å²) in [5, 5.41) is 2.84. The third kappa shape index (κ3) is 10.8. The Kier molecular flexibility index (Phi) is 14.0. The van der Waals surface area contributed by atoms with E-state index >= 15 is 0 Å². The van der Waals surface area contributed by atoms with Crippen molar-refractivity contribution in [1.29, 1.82) is 0 Å². The lowest BCUT2D eigenvalue weighted by molar-refractivity contribution is -0.132. The van der Waals surface area contributed by atoms with Crippen molar-refractivity contribution in [3.8, 4) is 11.1 Å². The molecular weight excluding hydrogens is 460 g/mol. The van der Waals surface area contributed by atoms with Crippen molar-refractivity contribution in [3.05, 3.63) is 66.4 Å². The van der Waals surface area contributed by atoms with Crippen LogP contribution in [0.2, 0.25) is 0 Å². The first kappa shape index (κ1) is 31.8. The largest absolute Gasteiger partial charge is 0.394 e. The van der Waals surface area contributed by atoms with E-state index in [1.165, 1.54) is 21.6 Å². The number of fused-ring (bicyclic) bond motifs is 1. The number of carbonyl (C=O) groups is 1. The predicted molar refractivity (Wildman–Crippen MR) is 160 cm³/mol. The van der Waals surface area contributed by atoms with Gasteiger partial charge in [0.2, 0.25) is 5.91 Å². The minimum atomic E-state index is 0.134. The zero-order valence-electron chi connectivity index (χ0n) is 24.4. The van der Waals surface area contributed by atoms with Gasteiger partial charge in [0.15, 0.2) is 0 Å². The molecule has 0 aromatic heterocycles. The lowest BCUT2D eigenvalue weighted by atomic mass is 9.91. The van der Waals surface area contributed by atoms with Gasteiger partial charge in [-0.05, 0) is 72.7 Å². The maximum atomic E-state index is 11.9. The molecule has 1 amide bonds. The number of nitrogens with zero attached hydrogens (tertiary/aromatic N) is 1. The van der Waals surface area contributed by atoms with Crippen LogP contribution in [0, 0.1) is 30.1 Å². The van der Waals surface area contributed by atoms with Crippen LogP contribution in [0.25, 0.3) is 11.1 Å². The van der Waals surface area contributed by atoms with Gasteiger partial charge in [-0.15, -0.1) is 11.8 Å². The number of allylic oxidation sites excluding steroid dienone is 1. The van der Waals surface area contributed by atoms with Crippen LogP contribution in [0.4, 0.5) is 0 Å². The summed E-state index contributed by atoms with van der Waals surface area (Å²) in [4.78, 5) is 15.2. The van der Waals surface area contributed by atoms with Gasteiger partial charge in [-0.25, -0.2) is 0 Å². The Morgan fingerprint density at radius 3 is 1.83 bits per heavy atom. The standard InChI is InChI=1S/C14H14S.C12H21NO.C4H9N.C2H6/c1-11-3-5-12(6-4-11)13-7-9-14(15-2)10-8-13;1-8-9-6-13(7-10(8)9)11(14)5-12(2,3)4;1-3-4-5-2;1-2/h3-10H,1-2H3;8-10H,5-7H2,1-4H3;3-5H,1-2H3;1-2H3. The smallest absolute Gasteiger partial charge is 0.223 e. The molecule has 1 heterocycles. The van der Waals surface area contributed by atoms with Gasteiger partial charge in [-0.2, -0.15) is 0 Å². The molecule has 1 N–H and O–H groups in total. The molecule has 2 atom stereocenters. The number of rotatable bonds is 4. The maximum absolute atomic E-state index is 11.9. The molecule has 1 aliphatic heterocycles. The number of thioether (sulfide) groups is 1. The highest BCUT2D eigenvalue weighted by Gasteiger charge is 2.53. The fourth-order valence-corrected chi connectivity index (χ4v) is 4.70. The fourth-order valence-electron chi connectivity index (χ4n) is 4.29. The van der Waals surface area contributed by atoms with E-state index in [1.807, 2.05) is 40.1 Å². The molecule has 2 aromatic rings. The third-order valence-electron chi connectivity index (χ3n) is 6.46. The summed E-state index contributed by atoms with van der Waals surface area (Å²) in [5.74, 6) is 2.91. The summed E-state index contributed by atoms with van der Waals surface area (Å²) in [6.45, 7) is 18.8. The van der Waals surface area contributed by atoms with E-state index in [1.54, 1.807) is 11.8 Å². The first-order valence-corrected chi connectivity index (χ1v) is 14.6. The molecular formula is C32H50N2OS. The number of likely N-dealkylation sites (tertiary alicyclic amines) is 1. The molecule has 36 heavy (non-hydrogen) atoms.